The number of rotatable bonds is 2. The highest BCUT2D eigenvalue weighted by Gasteiger charge is 2.42. The zero-order chi connectivity index (χ0) is 14.4. The normalized spacial score (nSPS) is 19.8. The summed E-state index contributed by atoms with van der Waals surface area (Å²) in [6.45, 7) is 0. The summed E-state index contributed by atoms with van der Waals surface area (Å²) in [5.41, 5.74) is -1.37. The number of anilines is 1. The highest BCUT2D eigenvalue weighted by molar-refractivity contribution is 6.05. The fraction of sp³-hybridized carbons (Fsp3) is 0.273. The molecule has 8 heteroatoms. The maximum Gasteiger partial charge on any atom is 0.416 e. The number of fused-ring (bicyclic) bond motifs is 1. The Morgan fingerprint density at radius 3 is 2.53 bits per heavy atom. The number of carboxylic acid groups (broad SMARTS) is 1. The van der Waals surface area contributed by atoms with Crippen LogP contribution in [0, 0.1) is 0 Å². The lowest BCUT2D eigenvalue weighted by atomic mass is 9.94. The van der Waals surface area contributed by atoms with E-state index >= 15 is 0 Å². The minimum absolute atomic E-state index is 0.00750. The predicted octanol–water partition coefficient (Wildman–Crippen LogP) is 2.16. The fourth-order valence-electron chi connectivity index (χ4n) is 1.90. The van der Waals surface area contributed by atoms with E-state index in [9.17, 15) is 27.2 Å². The molecule has 1 heterocycles. The van der Waals surface area contributed by atoms with E-state index in [2.05, 4.69) is 5.32 Å². The summed E-state index contributed by atoms with van der Waals surface area (Å²) in [6, 6.07) is 2.30. The van der Waals surface area contributed by atoms with E-state index in [1.54, 1.807) is 0 Å². The summed E-state index contributed by atoms with van der Waals surface area (Å²) < 4.78 is 51.0. The van der Waals surface area contributed by atoms with Gasteiger partial charge in [-0.2, -0.15) is 13.2 Å². The molecule has 2 atom stereocenters. The van der Waals surface area contributed by atoms with E-state index in [0.29, 0.717) is 6.07 Å². The molecular formula is C11H7F4NO3. The standard InChI is InChI=1S/C11H7F4NO3/c12-8(10(18)19)7-5-3-4(11(13,14)15)1-2-6(5)16-9(7)17/h1-3,7-8H,(H,16,17)(H,18,19). The van der Waals surface area contributed by atoms with Crippen LogP contribution in [0.25, 0.3) is 0 Å². The van der Waals surface area contributed by atoms with Gasteiger partial charge in [-0.1, -0.05) is 0 Å². The molecule has 0 saturated carbocycles. The lowest BCUT2D eigenvalue weighted by Gasteiger charge is -2.12. The Labute approximate surface area is 104 Å². The molecule has 0 saturated heterocycles. The van der Waals surface area contributed by atoms with Gasteiger partial charge in [-0.3, -0.25) is 4.79 Å². The Morgan fingerprint density at radius 1 is 1.37 bits per heavy atom. The minimum Gasteiger partial charge on any atom is -0.479 e. The van der Waals surface area contributed by atoms with Crippen LogP contribution in [0.2, 0.25) is 0 Å². The molecule has 1 amide bonds. The van der Waals surface area contributed by atoms with Gasteiger partial charge in [0.15, 0.2) is 0 Å². The molecule has 19 heavy (non-hydrogen) atoms. The van der Waals surface area contributed by atoms with Gasteiger partial charge in [0.1, 0.15) is 5.92 Å². The number of hydrogen-bond acceptors (Lipinski definition) is 2. The molecule has 0 spiro atoms. The van der Waals surface area contributed by atoms with Crippen LogP contribution >= 0.6 is 0 Å². The Kier molecular flexibility index (Phi) is 2.95. The van der Waals surface area contributed by atoms with Crippen molar-refractivity contribution in [1.82, 2.24) is 0 Å². The van der Waals surface area contributed by atoms with Gasteiger partial charge in [-0.15, -0.1) is 0 Å². The molecule has 1 aliphatic rings. The number of carboxylic acids is 1. The van der Waals surface area contributed by atoms with Crippen LogP contribution in [0.15, 0.2) is 18.2 Å². The second-order valence-corrected chi connectivity index (χ2v) is 4.01. The van der Waals surface area contributed by atoms with E-state index in [4.69, 9.17) is 5.11 Å². The molecule has 0 aromatic heterocycles. The fourth-order valence-corrected chi connectivity index (χ4v) is 1.90. The van der Waals surface area contributed by atoms with Crippen molar-refractivity contribution in [2.24, 2.45) is 0 Å². The van der Waals surface area contributed by atoms with Crippen molar-refractivity contribution in [3.05, 3.63) is 29.3 Å². The summed E-state index contributed by atoms with van der Waals surface area (Å²) in [4.78, 5) is 22.0. The molecule has 0 fully saturated rings. The third-order valence-corrected chi connectivity index (χ3v) is 2.78. The zero-order valence-electron chi connectivity index (χ0n) is 9.16. The largest absolute Gasteiger partial charge is 0.479 e. The Hall–Kier alpha value is -2.12. The summed E-state index contributed by atoms with van der Waals surface area (Å²) >= 11 is 0. The number of carbonyl (C=O) groups excluding carboxylic acids is 1. The minimum atomic E-state index is -4.65. The van der Waals surface area contributed by atoms with Crippen LogP contribution in [0.5, 0.6) is 0 Å². The van der Waals surface area contributed by atoms with Gasteiger partial charge in [0, 0.05) is 5.69 Å². The highest BCUT2D eigenvalue weighted by atomic mass is 19.4. The summed E-state index contributed by atoms with van der Waals surface area (Å²) in [5.74, 6) is -4.63. The van der Waals surface area contributed by atoms with Crippen LogP contribution < -0.4 is 5.32 Å². The molecule has 1 aromatic carbocycles. The van der Waals surface area contributed by atoms with E-state index in [-0.39, 0.29) is 11.3 Å². The van der Waals surface area contributed by atoms with Gasteiger partial charge in [0.2, 0.25) is 12.1 Å². The maximum atomic E-state index is 13.4. The van der Waals surface area contributed by atoms with Crippen molar-refractivity contribution in [2.75, 3.05) is 5.32 Å². The molecule has 0 aliphatic carbocycles. The third-order valence-electron chi connectivity index (χ3n) is 2.78. The first-order chi connectivity index (χ1) is 8.71. The number of hydrogen-bond donors (Lipinski definition) is 2. The lowest BCUT2D eigenvalue weighted by Crippen LogP contribution is -2.28. The second-order valence-electron chi connectivity index (χ2n) is 4.01. The molecule has 1 aromatic rings. The monoisotopic (exact) mass is 277 g/mol. The van der Waals surface area contributed by atoms with Gasteiger partial charge in [0.05, 0.1) is 5.56 Å². The summed E-state index contributed by atoms with van der Waals surface area (Å²) in [5, 5.41) is 10.7. The molecule has 0 bridgehead atoms. The number of aliphatic carboxylic acids is 1. The molecule has 4 nitrogen and oxygen atoms in total. The third kappa shape index (κ3) is 2.25. The van der Waals surface area contributed by atoms with Crippen LogP contribution in [-0.4, -0.2) is 23.2 Å². The lowest BCUT2D eigenvalue weighted by molar-refractivity contribution is -0.145. The van der Waals surface area contributed by atoms with Crippen molar-refractivity contribution < 1.29 is 32.3 Å². The average Bonchev–Trinajstić information content (AvgIpc) is 2.61. The van der Waals surface area contributed by atoms with Crippen LogP contribution in [0.3, 0.4) is 0 Å². The quantitative estimate of drug-likeness (QED) is 0.814. The summed E-state index contributed by atoms with van der Waals surface area (Å²) in [6.07, 6.45) is -7.25. The first-order valence-electron chi connectivity index (χ1n) is 5.10. The summed E-state index contributed by atoms with van der Waals surface area (Å²) in [7, 11) is 0. The average molecular weight is 277 g/mol. The van der Waals surface area contributed by atoms with E-state index in [1.165, 1.54) is 0 Å². The van der Waals surface area contributed by atoms with Crippen molar-refractivity contribution >= 4 is 17.6 Å². The predicted molar refractivity (Wildman–Crippen MR) is 55.3 cm³/mol. The van der Waals surface area contributed by atoms with Crippen molar-refractivity contribution in [2.45, 2.75) is 18.3 Å². The smallest absolute Gasteiger partial charge is 0.416 e. The zero-order valence-corrected chi connectivity index (χ0v) is 9.16. The first-order valence-corrected chi connectivity index (χ1v) is 5.10. The van der Waals surface area contributed by atoms with Gasteiger partial charge in [-0.25, -0.2) is 9.18 Å². The number of halogens is 4. The van der Waals surface area contributed by atoms with E-state index < -0.39 is 35.7 Å². The SMILES string of the molecule is O=C(O)C(F)C1C(=O)Nc2ccc(C(F)(F)F)cc21. The van der Waals surface area contributed by atoms with Gasteiger partial charge < -0.3 is 10.4 Å². The van der Waals surface area contributed by atoms with E-state index in [0.717, 1.165) is 12.1 Å². The maximum absolute atomic E-state index is 13.4. The van der Waals surface area contributed by atoms with Gasteiger partial charge >= 0.3 is 12.1 Å². The Morgan fingerprint density at radius 2 is 2.00 bits per heavy atom. The number of amides is 1. The highest BCUT2D eigenvalue weighted by Crippen LogP contribution is 2.40. The van der Waals surface area contributed by atoms with Crippen LogP contribution in [0.1, 0.15) is 17.0 Å². The molecule has 2 unspecified atom stereocenters. The molecular weight excluding hydrogens is 270 g/mol. The number of alkyl halides is 4. The molecule has 1 aliphatic heterocycles. The number of benzene rings is 1. The molecule has 2 rings (SSSR count). The first kappa shape index (κ1) is 13.3. The number of carbonyl (C=O) groups is 2. The van der Waals surface area contributed by atoms with Crippen molar-refractivity contribution in [1.29, 1.82) is 0 Å². The molecule has 102 valence electrons. The van der Waals surface area contributed by atoms with Crippen LogP contribution in [0.4, 0.5) is 23.2 Å². The van der Waals surface area contributed by atoms with Crippen molar-refractivity contribution in [3.63, 3.8) is 0 Å². The topological polar surface area (TPSA) is 66.4 Å². The molecule has 0 radical (unpaired) electrons. The Bertz CT molecular complexity index is 555. The van der Waals surface area contributed by atoms with Crippen molar-refractivity contribution in [3.8, 4) is 0 Å². The molecule has 2 N–H and O–H groups in total. The Balaban J connectivity index is 2.49. The number of nitrogens with one attached hydrogen (secondary N) is 1. The van der Waals surface area contributed by atoms with Gasteiger partial charge in [-0.05, 0) is 23.8 Å². The van der Waals surface area contributed by atoms with Crippen LogP contribution in [-0.2, 0) is 15.8 Å². The van der Waals surface area contributed by atoms with Gasteiger partial charge in [0.25, 0.3) is 0 Å². The van der Waals surface area contributed by atoms with E-state index in [1.807, 2.05) is 0 Å². The second kappa shape index (κ2) is 4.22.